The minimum absolute atomic E-state index is 0.535. The quantitative estimate of drug-likeness (QED) is 0.763. The second-order valence-corrected chi connectivity index (χ2v) is 6.43. The van der Waals surface area contributed by atoms with Gasteiger partial charge in [-0.3, -0.25) is 0 Å². The van der Waals surface area contributed by atoms with Gasteiger partial charge in [0.1, 0.15) is 0 Å². The molecule has 1 nitrogen and oxygen atoms in total. The number of thiol groups is 1. The Kier molecular flexibility index (Phi) is 4.34. The number of rotatable bonds is 6. The van der Waals surface area contributed by atoms with E-state index in [4.69, 9.17) is 0 Å². The molecule has 0 N–H and O–H groups in total. The van der Waals surface area contributed by atoms with E-state index in [0.717, 1.165) is 5.75 Å². The van der Waals surface area contributed by atoms with E-state index in [9.17, 15) is 0 Å². The van der Waals surface area contributed by atoms with Gasteiger partial charge in [-0.05, 0) is 48.9 Å². The van der Waals surface area contributed by atoms with Crippen molar-refractivity contribution in [3.05, 3.63) is 22.4 Å². The van der Waals surface area contributed by atoms with Crippen LogP contribution >= 0.6 is 24.0 Å². The van der Waals surface area contributed by atoms with Crippen molar-refractivity contribution in [1.29, 1.82) is 0 Å². The van der Waals surface area contributed by atoms with E-state index in [2.05, 4.69) is 42.1 Å². The maximum absolute atomic E-state index is 4.51. The predicted molar refractivity (Wildman–Crippen MR) is 75.7 cm³/mol. The van der Waals surface area contributed by atoms with Crippen LogP contribution in [-0.4, -0.2) is 30.8 Å². The van der Waals surface area contributed by atoms with E-state index >= 15 is 0 Å². The second kappa shape index (κ2) is 5.56. The molecule has 90 valence electrons. The summed E-state index contributed by atoms with van der Waals surface area (Å²) >= 11 is 6.38. The number of thiophene rings is 1. The maximum atomic E-state index is 4.51. The summed E-state index contributed by atoms with van der Waals surface area (Å²) in [7, 11) is 2.25. The highest BCUT2D eigenvalue weighted by molar-refractivity contribution is 7.80. The highest BCUT2D eigenvalue weighted by Gasteiger charge is 2.36. The lowest BCUT2D eigenvalue weighted by Gasteiger charge is -2.43. The SMILES string of the molecule is CN(CCc1cccs1)CC1(CS)CCC1. The Labute approximate surface area is 108 Å². The molecule has 3 heteroatoms. The lowest BCUT2D eigenvalue weighted by Crippen LogP contribution is -2.42. The number of nitrogens with zero attached hydrogens (tertiary/aromatic N) is 1. The van der Waals surface area contributed by atoms with Gasteiger partial charge >= 0.3 is 0 Å². The molecule has 1 saturated carbocycles. The van der Waals surface area contributed by atoms with E-state index in [-0.39, 0.29) is 0 Å². The first kappa shape index (κ1) is 12.5. The fraction of sp³-hybridized carbons (Fsp3) is 0.692. The first-order chi connectivity index (χ1) is 7.74. The summed E-state index contributed by atoms with van der Waals surface area (Å²) in [5.74, 6) is 1.05. The molecule has 0 spiro atoms. The van der Waals surface area contributed by atoms with Crippen LogP contribution in [0.4, 0.5) is 0 Å². The van der Waals surface area contributed by atoms with Crippen molar-refractivity contribution >= 4 is 24.0 Å². The highest BCUT2D eigenvalue weighted by Crippen LogP contribution is 2.42. The molecule has 0 aromatic carbocycles. The summed E-state index contributed by atoms with van der Waals surface area (Å²) in [6.07, 6.45) is 5.34. The molecular formula is C13H21NS2. The normalized spacial score (nSPS) is 18.7. The zero-order chi connectivity index (χ0) is 11.4. The van der Waals surface area contributed by atoms with Crippen LogP contribution < -0.4 is 0 Å². The first-order valence-electron chi connectivity index (χ1n) is 6.06. The van der Waals surface area contributed by atoms with Crippen molar-refractivity contribution in [2.45, 2.75) is 25.7 Å². The maximum Gasteiger partial charge on any atom is 0.00579 e. The van der Waals surface area contributed by atoms with Crippen LogP contribution in [-0.2, 0) is 6.42 Å². The summed E-state index contributed by atoms with van der Waals surface area (Å²) in [5, 5.41) is 2.16. The smallest absolute Gasteiger partial charge is 0.00579 e. The van der Waals surface area contributed by atoms with Gasteiger partial charge in [0.2, 0.25) is 0 Å². The van der Waals surface area contributed by atoms with Crippen molar-refractivity contribution in [2.24, 2.45) is 5.41 Å². The third-order valence-electron chi connectivity index (χ3n) is 3.67. The molecule has 0 aliphatic heterocycles. The molecule has 1 aliphatic rings. The molecule has 0 radical (unpaired) electrons. The van der Waals surface area contributed by atoms with Gasteiger partial charge in [-0.25, -0.2) is 0 Å². The molecule has 1 aromatic rings. The minimum atomic E-state index is 0.535. The van der Waals surface area contributed by atoms with E-state index in [1.807, 2.05) is 11.3 Å². The molecule has 1 fully saturated rings. The fourth-order valence-corrected chi connectivity index (χ4v) is 3.56. The lowest BCUT2D eigenvalue weighted by molar-refractivity contribution is 0.106. The number of likely N-dealkylation sites (N-methyl/N-ethyl adjacent to an activating group) is 1. The van der Waals surface area contributed by atoms with Crippen LogP contribution in [0, 0.1) is 5.41 Å². The monoisotopic (exact) mass is 255 g/mol. The topological polar surface area (TPSA) is 3.24 Å². The Balaban J connectivity index is 1.73. The summed E-state index contributed by atoms with van der Waals surface area (Å²) in [6.45, 7) is 2.40. The van der Waals surface area contributed by atoms with Crippen molar-refractivity contribution < 1.29 is 0 Å². The molecule has 0 saturated heterocycles. The fourth-order valence-electron chi connectivity index (χ4n) is 2.45. The van der Waals surface area contributed by atoms with Crippen LogP contribution in [0.15, 0.2) is 17.5 Å². The Morgan fingerprint density at radius 3 is 2.81 bits per heavy atom. The van der Waals surface area contributed by atoms with Gasteiger partial charge in [-0.1, -0.05) is 12.5 Å². The second-order valence-electron chi connectivity index (χ2n) is 5.08. The average molecular weight is 255 g/mol. The Hall–Kier alpha value is 0.01000. The average Bonchev–Trinajstić information content (AvgIpc) is 2.73. The van der Waals surface area contributed by atoms with Crippen molar-refractivity contribution in [3.8, 4) is 0 Å². The highest BCUT2D eigenvalue weighted by atomic mass is 32.1. The van der Waals surface area contributed by atoms with Crippen molar-refractivity contribution in [2.75, 3.05) is 25.9 Å². The van der Waals surface area contributed by atoms with Gasteiger partial charge in [0.25, 0.3) is 0 Å². The molecule has 1 heterocycles. The Morgan fingerprint density at radius 1 is 1.50 bits per heavy atom. The Morgan fingerprint density at radius 2 is 2.31 bits per heavy atom. The first-order valence-corrected chi connectivity index (χ1v) is 7.57. The van der Waals surface area contributed by atoms with Crippen LogP contribution in [0.5, 0.6) is 0 Å². The third-order valence-corrected chi connectivity index (χ3v) is 5.28. The summed E-state index contributed by atoms with van der Waals surface area (Å²) in [4.78, 5) is 3.98. The molecule has 0 atom stereocenters. The molecule has 0 unspecified atom stereocenters. The molecule has 1 aliphatic carbocycles. The Bertz CT molecular complexity index is 298. The summed E-state index contributed by atoms with van der Waals surface area (Å²) in [5.41, 5.74) is 0.535. The predicted octanol–water partition coefficient (Wildman–Crippen LogP) is 3.32. The van der Waals surface area contributed by atoms with Crippen LogP contribution in [0.1, 0.15) is 24.1 Å². The zero-order valence-electron chi connectivity index (χ0n) is 9.98. The number of hydrogen-bond acceptors (Lipinski definition) is 3. The van der Waals surface area contributed by atoms with Gasteiger partial charge in [0, 0.05) is 18.0 Å². The summed E-state index contributed by atoms with van der Waals surface area (Å²) < 4.78 is 0. The van der Waals surface area contributed by atoms with E-state index in [0.29, 0.717) is 5.41 Å². The van der Waals surface area contributed by atoms with Gasteiger partial charge in [-0.15, -0.1) is 11.3 Å². The minimum Gasteiger partial charge on any atom is -0.305 e. The third kappa shape index (κ3) is 3.02. The van der Waals surface area contributed by atoms with Crippen LogP contribution in [0.2, 0.25) is 0 Å². The lowest BCUT2D eigenvalue weighted by atomic mass is 9.70. The van der Waals surface area contributed by atoms with Crippen LogP contribution in [0.3, 0.4) is 0 Å². The van der Waals surface area contributed by atoms with Gasteiger partial charge in [-0.2, -0.15) is 12.6 Å². The zero-order valence-corrected chi connectivity index (χ0v) is 11.7. The molecule has 0 bridgehead atoms. The van der Waals surface area contributed by atoms with Gasteiger partial charge in [0.15, 0.2) is 0 Å². The number of hydrogen-bond donors (Lipinski definition) is 1. The molecule has 0 amide bonds. The molecule has 1 aromatic heterocycles. The van der Waals surface area contributed by atoms with E-state index < -0.39 is 0 Å². The van der Waals surface area contributed by atoms with Gasteiger partial charge in [0.05, 0.1) is 0 Å². The van der Waals surface area contributed by atoms with Crippen LogP contribution in [0.25, 0.3) is 0 Å². The van der Waals surface area contributed by atoms with Gasteiger partial charge < -0.3 is 4.90 Å². The summed E-state index contributed by atoms with van der Waals surface area (Å²) in [6, 6.07) is 4.37. The van der Waals surface area contributed by atoms with E-state index in [1.165, 1.54) is 43.6 Å². The van der Waals surface area contributed by atoms with Crippen molar-refractivity contribution in [3.63, 3.8) is 0 Å². The largest absolute Gasteiger partial charge is 0.305 e. The molecule has 2 rings (SSSR count). The van der Waals surface area contributed by atoms with Crippen molar-refractivity contribution in [1.82, 2.24) is 4.90 Å². The standard InChI is InChI=1S/C13H21NS2/c1-14(8-5-12-4-2-9-16-12)10-13(11-15)6-3-7-13/h2,4,9,15H,3,5-8,10-11H2,1H3. The van der Waals surface area contributed by atoms with E-state index in [1.54, 1.807) is 0 Å². The molecular weight excluding hydrogens is 234 g/mol. The molecule has 16 heavy (non-hydrogen) atoms.